The molecule has 0 aromatic heterocycles. The van der Waals surface area contributed by atoms with E-state index in [1.807, 2.05) is 0 Å². The smallest absolute Gasteiger partial charge is 0.295 e. The molecule has 2 rings (SSSR count). The lowest BCUT2D eigenvalue weighted by Gasteiger charge is -2.47. The van der Waals surface area contributed by atoms with Gasteiger partial charge in [-0.25, -0.2) is 0 Å². The Hall–Kier alpha value is -5.00. The Bertz CT molecular complexity index is 1030. The van der Waals surface area contributed by atoms with Crippen LogP contribution in [0.2, 0.25) is 0 Å². The van der Waals surface area contributed by atoms with Gasteiger partial charge in [-0.15, -0.1) is 60.7 Å². The molecule has 244 valence electrons. The minimum Gasteiger partial charge on any atom is -0.376 e. The molecule has 29 nitrogen and oxygen atoms in total. The zero-order valence-electron chi connectivity index (χ0n) is 21.3. The fraction of sp³-hybridized carbons (Fsp3) is 1.00. The van der Waals surface area contributed by atoms with E-state index in [0.29, 0.717) is 0 Å². The lowest BCUT2D eigenvalue weighted by Crippen LogP contribution is -2.67. The van der Waals surface area contributed by atoms with E-state index in [1.165, 1.54) is 0 Å². The van der Waals surface area contributed by atoms with Gasteiger partial charge in [0, 0.05) is 14.2 Å². The van der Waals surface area contributed by atoms with E-state index in [1.54, 1.807) is 0 Å². The number of hydrogen-bond acceptors (Lipinski definition) is 23. The van der Waals surface area contributed by atoms with Crippen LogP contribution in [0.15, 0.2) is 0 Å². The molecule has 2 fully saturated rings. The molecular weight excluding hydrogens is 620 g/mol. The Labute approximate surface area is 233 Å². The van der Waals surface area contributed by atoms with Crippen molar-refractivity contribution in [3.05, 3.63) is 60.7 Å². The van der Waals surface area contributed by atoms with Gasteiger partial charge in [0.2, 0.25) is 0 Å². The molecule has 0 saturated carbocycles. The van der Waals surface area contributed by atoms with Crippen LogP contribution in [0, 0.1) is 60.7 Å². The van der Waals surface area contributed by atoms with Crippen LogP contribution in [0.4, 0.5) is 0 Å². The van der Waals surface area contributed by atoms with Crippen molar-refractivity contribution in [3.8, 4) is 0 Å². The highest BCUT2D eigenvalue weighted by atomic mass is 17.0. The molecule has 10 atom stereocenters. The van der Waals surface area contributed by atoms with E-state index in [2.05, 4.69) is 29.0 Å². The summed E-state index contributed by atoms with van der Waals surface area (Å²) in [5.41, 5.74) is 0. The third kappa shape index (κ3) is 9.52. The molecule has 2 aliphatic rings. The SMILES string of the molecule is CO[C@H]1OC(CO[N+](=O)[O-])[C@@H](O[C@@H]2OC(CO[N+](=O)[O-])[C@H](OC)[C@@H](O[N+](=O)[O-])C2O[N+](=O)[O-])C(O[N+](=O)[O-])C1O[N+](=O)[O-]. The molecule has 29 heteroatoms. The van der Waals surface area contributed by atoms with E-state index in [-0.39, 0.29) is 0 Å². The number of ether oxygens (including phenoxy) is 5. The Kier molecular flexibility index (Phi) is 12.2. The molecule has 0 aromatic rings. The quantitative estimate of drug-likeness (QED) is 0.108. The molecule has 2 aliphatic heterocycles. The zero-order valence-corrected chi connectivity index (χ0v) is 21.3. The molecule has 2 heterocycles. The van der Waals surface area contributed by atoms with E-state index in [4.69, 9.17) is 23.7 Å². The van der Waals surface area contributed by atoms with Crippen molar-refractivity contribution in [1.29, 1.82) is 0 Å². The maximum atomic E-state index is 11.3. The van der Waals surface area contributed by atoms with Gasteiger partial charge in [-0.3, -0.25) is 0 Å². The van der Waals surface area contributed by atoms with Gasteiger partial charge in [0.15, 0.2) is 37.0 Å². The van der Waals surface area contributed by atoms with Crippen LogP contribution in [0.25, 0.3) is 0 Å². The molecule has 0 radical (unpaired) electrons. The van der Waals surface area contributed by atoms with E-state index in [0.717, 1.165) is 14.2 Å². The highest BCUT2D eigenvalue weighted by Crippen LogP contribution is 2.35. The van der Waals surface area contributed by atoms with E-state index >= 15 is 0 Å². The van der Waals surface area contributed by atoms with E-state index in [9.17, 15) is 60.7 Å². The third-order valence-electron chi connectivity index (χ3n) is 5.50. The average molecular weight is 640 g/mol. The second-order valence-electron chi connectivity index (χ2n) is 7.84. The van der Waals surface area contributed by atoms with Gasteiger partial charge in [0.25, 0.3) is 30.5 Å². The predicted octanol–water partition coefficient (Wildman–Crippen LogP) is -2.79. The lowest BCUT2D eigenvalue weighted by molar-refractivity contribution is -0.811. The summed E-state index contributed by atoms with van der Waals surface area (Å²) in [6, 6.07) is 0. The molecule has 2 saturated heterocycles. The molecule has 5 unspecified atom stereocenters. The summed E-state index contributed by atoms with van der Waals surface area (Å²) in [7, 11) is 1.77. The van der Waals surface area contributed by atoms with Gasteiger partial charge in [0.1, 0.15) is 37.6 Å². The van der Waals surface area contributed by atoms with E-state index < -0.39 is 105 Å². The lowest BCUT2D eigenvalue weighted by atomic mass is 9.96. The van der Waals surface area contributed by atoms with Crippen LogP contribution >= 0.6 is 0 Å². The number of methoxy groups -OCH3 is 2. The van der Waals surface area contributed by atoms with Crippen LogP contribution in [-0.4, -0.2) is 119 Å². The fourth-order valence-electron chi connectivity index (χ4n) is 4.06. The summed E-state index contributed by atoms with van der Waals surface area (Å²) in [5.74, 6) is 0. The second kappa shape index (κ2) is 15.3. The van der Waals surface area contributed by atoms with Gasteiger partial charge in [-0.05, 0) is 0 Å². The summed E-state index contributed by atoms with van der Waals surface area (Å²) in [5, 5.41) is 57.9. The van der Waals surface area contributed by atoms with Crippen molar-refractivity contribution >= 4 is 0 Å². The average Bonchev–Trinajstić information content (AvgIpc) is 2.89. The van der Waals surface area contributed by atoms with Crippen molar-refractivity contribution in [2.24, 2.45) is 0 Å². The second-order valence-corrected chi connectivity index (χ2v) is 7.84. The molecule has 43 heavy (non-hydrogen) atoms. The van der Waals surface area contributed by atoms with Gasteiger partial charge in [-0.2, -0.15) is 0 Å². The summed E-state index contributed by atoms with van der Waals surface area (Å²) in [4.78, 5) is 92.6. The molecular formula is C14H20N6O23. The topological polar surface area (TPSA) is 360 Å². The third-order valence-corrected chi connectivity index (χ3v) is 5.50. The molecule has 0 spiro atoms. The Morgan fingerprint density at radius 3 is 1.26 bits per heavy atom. The molecule has 0 aliphatic carbocycles. The summed E-state index contributed by atoms with van der Waals surface area (Å²) >= 11 is 0. The predicted molar refractivity (Wildman–Crippen MR) is 113 cm³/mol. The van der Waals surface area contributed by atoms with Crippen molar-refractivity contribution in [1.82, 2.24) is 0 Å². The number of hydrogen-bond donors (Lipinski definition) is 0. The van der Waals surface area contributed by atoms with Crippen LogP contribution < -0.4 is 0 Å². The highest BCUT2D eigenvalue weighted by Gasteiger charge is 2.57. The van der Waals surface area contributed by atoms with Crippen LogP contribution in [-0.2, 0) is 52.7 Å². The van der Waals surface area contributed by atoms with Crippen molar-refractivity contribution in [2.75, 3.05) is 27.4 Å². The van der Waals surface area contributed by atoms with Crippen molar-refractivity contribution in [3.63, 3.8) is 0 Å². The molecule has 0 N–H and O–H groups in total. The summed E-state index contributed by atoms with van der Waals surface area (Å²) < 4.78 is 26.0. The minimum absolute atomic E-state index is 0.881. The summed E-state index contributed by atoms with van der Waals surface area (Å²) in [6.45, 7) is -2.26. The van der Waals surface area contributed by atoms with Gasteiger partial charge in [-0.1, -0.05) is 0 Å². The zero-order chi connectivity index (χ0) is 32.4. The largest absolute Gasteiger partial charge is 0.376 e. The minimum atomic E-state index is -2.40. The van der Waals surface area contributed by atoms with Crippen molar-refractivity contribution < 1.29 is 83.2 Å². The first-order valence-electron chi connectivity index (χ1n) is 11.0. The first kappa shape index (κ1) is 34.2. The Morgan fingerprint density at radius 2 is 0.860 bits per heavy atom. The number of rotatable bonds is 18. The van der Waals surface area contributed by atoms with Crippen LogP contribution in [0.3, 0.4) is 0 Å². The van der Waals surface area contributed by atoms with Crippen LogP contribution in [0.5, 0.6) is 0 Å². The monoisotopic (exact) mass is 640 g/mol. The Balaban J connectivity index is 2.64. The first-order chi connectivity index (χ1) is 20.2. The first-order valence-corrected chi connectivity index (χ1v) is 11.0. The van der Waals surface area contributed by atoms with Crippen molar-refractivity contribution in [2.45, 2.75) is 61.4 Å². The molecule has 0 amide bonds. The standard InChI is InChI=1S/C14H20N6O23/c1-33-7-5(3-35-15(21)22)38-14(12(43-20(31)32)9(7)40-17(25)26)39-8-6(4-36-16(23)24)37-13(34-2)11(42-19(29)30)10(8)41-18(27)28/h5-14H,3-4H2,1-2H3/t5?,6?,7-,8+,9+,10?,11?,12?,13-,14-/m0/s1. The molecule has 0 aromatic carbocycles. The fourth-order valence-corrected chi connectivity index (χ4v) is 4.06. The maximum Gasteiger partial charge on any atom is 0.295 e. The van der Waals surface area contributed by atoms with Gasteiger partial charge in [0.05, 0.1) is 0 Å². The normalized spacial score (nSPS) is 32.0. The molecule has 0 bridgehead atoms. The Morgan fingerprint density at radius 1 is 0.488 bits per heavy atom. The van der Waals surface area contributed by atoms with Gasteiger partial charge >= 0.3 is 0 Å². The van der Waals surface area contributed by atoms with Gasteiger partial charge < -0.3 is 52.7 Å². The summed E-state index contributed by atoms with van der Waals surface area (Å²) in [6.07, 6.45) is -21.2. The highest BCUT2D eigenvalue weighted by molar-refractivity contribution is 4.96. The number of nitrogens with zero attached hydrogens (tertiary/aromatic N) is 6. The van der Waals surface area contributed by atoms with Crippen LogP contribution in [0.1, 0.15) is 0 Å². The maximum absolute atomic E-state index is 11.3.